The van der Waals surface area contributed by atoms with Crippen molar-refractivity contribution in [3.63, 3.8) is 0 Å². The molecule has 3 aromatic rings. The molecule has 1 amide bonds. The van der Waals surface area contributed by atoms with Gasteiger partial charge in [0.25, 0.3) is 0 Å². The van der Waals surface area contributed by atoms with E-state index in [-0.39, 0.29) is 16.6 Å². The topological polar surface area (TPSA) is 101 Å². The molecule has 0 aliphatic rings. The maximum Gasteiger partial charge on any atom is 0.246 e. The van der Waals surface area contributed by atoms with Crippen LogP contribution in [-0.4, -0.2) is 44.4 Å². The summed E-state index contributed by atoms with van der Waals surface area (Å²) in [6.45, 7) is -0.495. The molecule has 0 aliphatic carbocycles. The largest absolute Gasteiger partial charge is 0.495 e. The number of nitrogens with zero attached hydrogens (tertiary/aromatic N) is 3. The van der Waals surface area contributed by atoms with Crippen molar-refractivity contribution in [3.05, 3.63) is 52.5 Å². The Hall–Kier alpha value is -2.40. The number of rotatable bonds is 7. The summed E-state index contributed by atoms with van der Waals surface area (Å²) >= 11 is 13.0. The summed E-state index contributed by atoms with van der Waals surface area (Å²) in [7, 11) is -2.41. The summed E-state index contributed by atoms with van der Waals surface area (Å²) in [5.41, 5.74) is 0.945. The number of benzene rings is 2. The van der Waals surface area contributed by atoms with Crippen molar-refractivity contribution in [1.82, 2.24) is 10.2 Å². The van der Waals surface area contributed by atoms with Gasteiger partial charge in [-0.15, -0.1) is 10.2 Å². The Morgan fingerprint density at radius 1 is 1.13 bits per heavy atom. The number of aromatic nitrogens is 2. The molecule has 3 rings (SSSR count). The van der Waals surface area contributed by atoms with E-state index in [1.165, 1.54) is 19.2 Å². The predicted molar refractivity (Wildman–Crippen MR) is 119 cm³/mol. The molecule has 0 bridgehead atoms. The molecule has 12 heteroatoms. The van der Waals surface area contributed by atoms with E-state index in [9.17, 15) is 13.2 Å². The van der Waals surface area contributed by atoms with Crippen molar-refractivity contribution in [1.29, 1.82) is 0 Å². The van der Waals surface area contributed by atoms with Crippen LogP contribution in [0.3, 0.4) is 0 Å². The number of hydrogen-bond donors (Lipinski definition) is 1. The lowest BCUT2D eigenvalue weighted by molar-refractivity contribution is -0.114. The Kier molecular flexibility index (Phi) is 6.81. The van der Waals surface area contributed by atoms with Crippen LogP contribution < -0.4 is 14.4 Å². The molecule has 158 valence electrons. The minimum absolute atomic E-state index is 0.154. The molecule has 1 N–H and O–H groups in total. The van der Waals surface area contributed by atoms with E-state index in [1.807, 2.05) is 0 Å². The zero-order valence-corrected chi connectivity index (χ0v) is 18.9. The Morgan fingerprint density at radius 3 is 2.43 bits per heavy atom. The lowest BCUT2D eigenvalue weighted by Gasteiger charge is -2.23. The number of amides is 1. The third-order valence-electron chi connectivity index (χ3n) is 3.86. The Labute approximate surface area is 187 Å². The summed E-state index contributed by atoms with van der Waals surface area (Å²) in [5, 5.41) is 12.2. The van der Waals surface area contributed by atoms with Crippen molar-refractivity contribution < 1.29 is 17.9 Å². The predicted octanol–water partition coefficient (Wildman–Crippen LogP) is 3.93. The van der Waals surface area contributed by atoms with Crippen molar-refractivity contribution in [3.8, 4) is 16.3 Å². The van der Waals surface area contributed by atoms with Crippen LogP contribution in [-0.2, 0) is 14.8 Å². The highest BCUT2D eigenvalue weighted by atomic mass is 35.5. The van der Waals surface area contributed by atoms with Gasteiger partial charge >= 0.3 is 0 Å². The van der Waals surface area contributed by atoms with Crippen LogP contribution in [0.2, 0.25) is 10.0 Å². The SMILES string of the molecule is COc1ccc(Cl)cc1N(CC(=O)Nc1nnc(-c2ccc(Cl)cc2)s1)S(C)(=O)=O. The van der Waals surface area contributed by atoms with E-state index < -0.39 is 22.5 Å². The first kappa shape index (κ1) is 22.3. The highest BCUT2D eigenvalue weighted by Crippen LogP contribution is 2.33. The van der Waals surface area contributed by atoms with Gasteiger partial charge in [0.1, 0.15) is 17.3 Å². The molecule has 0 saturated heterocycles. The zero-order chi connectivity index (χ0) is 21.9. The molecule has 1 heterocycles. The second-order valence-corrected chi connectivity index (χ2v) is 9.81. The number of carbonyl (C=O) groups excluding carboxylic acids is 1. The summed E-state index contributed by atoms with van der Waals surface area (Å²) in [6.07, 6.45) is 0.990. The Bertz CT molecular complexity index is 1170. The number of halogens is 2. The van der Waals surface area contributed by atoms with Crippen LogP contribution in [0.25, 0.3) is 10.6 Å². The highest BCUT2D eigenvalue weighted by molar-refractivity contribution is 7.92. The van der Waals surface area contributed by atoms with E-state index in [0.29, 0.717) is 15.1 Å². The van der Waals surface area contributed by atoms with E-state index in [2.05, 4.69) is 15.5 Å². The summed E-state index contributed by atoms with van der Waals surface area (Å²) in [5.74, 6) is -0.333. The first-order valence-electron chi connectivity index (χ1n) is 8.38. The fourth-order valence-corrected chi connectivity index (χ4v) is 4.42. The Morgan fingerprint density at radius 2 is 1.80 bits per heavy atom. The lowest BCUT2D eigenvalue weighted by atomic mass is 10.2. The lowest BCUT2D eigenvalue weighted by Crippen LogP contribution is -2.37. The molecule has 0 saturated carbocycles. The first-order valence-corrected chi connectivity index (χ1v) is 11.8. The van der Waals surface area contributed by atoms with Crippen LogP contribution in [0.1, 0.15) is 0 Å². The smallest absolute Gasteiger partial charge is 0.246 e. The minimum atomic E-state index is -3.81. The van der Waals surface area contributed by atoms with Gasteiger partial charge in [-0.1, -0.05) is 46.7 Å². The van der Waals surface area contributed by atoms with Crippen molar-refractivity contribution in [2.45, 2.75) is 0 Å². The monoisotopic (exact) mass is 486 g/mol. The summed E-state index contributed by atoms with van der Waals surface area (Å²) < 4.78 is 30.8. The molecule has 0 fully saturated rings. The third-order valence-corrected chi connectivity index (χ3v) is 6.36. The van der Waals surface area contributed by atoms with Gasteiger partial charge in [-0.3, -0.25) is 14.4 Å². The molecule has 30 heavy (non-hydrogen) atoms. The van der Waals surface area contributed by atoms with Crippen LogP contribution >= 0.6 is 34.5 Å². The van der Waals surface area contributed by atoms with E-state index >= 15 is 0 Å². The Balaban J connectivity index is 1.80. The molecule has 0 radical (unpaired) electrons. The van der Waals surface area contributed by atoms with Gasteiger partial charge < -0.3 is 4.74 Å². The van der Waals surface area contributed by atoms with Crippen LogP contribution in [0.5, 0.6) is 5.75 Å². The van der Waals surface area contributed by atoms with E-state index in [1.54, 1.807) is 30.3 Å². The molecule has 8 nitrogen and oxygen atoms in total. The fraction of sp³-hybridized carbons (Fsp3) is 0.167. The van der Waals surface area contributed by atoms with Gasteiger partial charge in [-0.2, -0.15) is 0 Å². The van der Waals surface area contributed by atoms with Crippen molar-refractivity contribution >= 4 is 61.3 Å². The maximum atomic E-state index is 12.5. The molecular weight excluding hydrogens is 471 g/mol. The summed E-state index contributed by atoms with van der Waals surface area (Å²) in [6, 6.07) is 11.5. The molecule has 0 spiro atoms. The maximum absolute atomic E-state index is 12.5. The number of methoxy groups -OCH3 is 1. The molecule has 0 aliphatic heterocycles. The first-order chi connectivity index (χ1) is 14.2. The molecule has 2 aromatic carbocycles. The van der Waals surface area contributed by atoms with Crippen molar-refractivity contribution in [2.75, 3.05) is 29.5 Å². The summed E-state index contributed by atoms with van der Waals surface area (Å²) in [4.78, 5) is 12.5. The zero-order valence-electron chi connectivity index (χ0n) is 15.8. The van der Waals surface area contributed by atoms with Gasteiger partial charge in [0.2, 0.25) is 21.1 Å². The average molecular weight is 487 g/mol. The standard InChI is InChI=1S/C18H16Cl2N4O4S2/c1-28-15-8-7-13(20)9-14(15)24(30(2,26)27)10-16(25)21-18-23-22-17(29-18)11-3-5-12(19)6-4-11/h3-9H,10H2,1-2H3,(H,21,23,25). The van der Waals surface area contributed by atoms with Crippen LogP contribution in [0.4, 0.5) is 10.8 Å². The second kappa shape index (κ2) is 9.17. The van der Waals surface area contributed by atoms with Gasteiger partial charge in [-0.25, -0.2) is 8.42 Å². The number of carbonyl (C=O) groups is 1. The highest BCUT2D eigenvalue weighted by Gasteiger charge is 2.25. The number of ether oxygens (including phenoxy) is 1. The molecule has 1 aromatic heterocycles. The molecule has 0 atom stereocenters. The number of nitrogens with one attached hydrogen (secondary N) is 1. The average Bonchev–Trinajstić information content (AvgIpc) is 3.14. The van der Waals surface area contributed by atoms with Crippen molar-refractivity contribution in [2.24, 2.45) is 0 Å². The molecule has 0 unspecified atom stereocenters. The van der Waals surface area contributed by atoms with Crippen LogP contribution in [0, 0.1) is 0 Å². The number of hydrogen-bond acceptors (Lipinski definition) is 7. The fourth-order valence-electron chi connectivity index (χ4n) is 2.51. The van der Waals surface area contributed by atoms with Gasteiger partial charge in [0.05, 0.1) is 19.1 Å². The number of sulfonamides is 1. The quantitative estimate of drug-likeness (QED) is 0.542. The normalized spacial score (nSPS) is 11.2. The van der Waals surface area contributed by atoms with Gasteiger partial charge in [0.15, 0.2) is 0 Å². The van der Waals surface area contributed by atoms with Crippen LogP contribution in [0.15, 0.2) is 42.5 Å². The number of anilines is 2. The second-order valence-electron chi connectivity index (χ2n) is 6.05. The van der Waals surface area contributed by atoms with E-state index in [0.717, 1.165) is 27.5 Å². The third kappa shape index (κ3) is 5.39. The van der Waals surface area contributed by atoms with E-state index in [4.69, 9.17) is 27.9 Å². The molecular formula is C18H16Cl2N4O4S2. The van der Waals surface area contributed by atoms with Gasteiger partial charge in [0, 0.05) is 15.6 Å². The minimum Gasteiger partial charge on any atom is -0.495 e. The van der Waals surface area contributed by atoms with Gasteiger partial charge in [-0.05, 0) is 30.3 Å².